The Balaban J connectivity index is 1.59. The molecule has 0 saturated heterocycles. The van der Waals surface area contributed by atoms with Crippen LogP contribution >= 0.6 is 0 Å². The van der Waals surface area contributed by atoms with Crippen LogP contribution in [0.15, 0.2) is 48.9 Å². The number of nitrogens with zero attached hydrogens (tertiary/aromatic N) is 5. The van der Waals surface area contributed by atoms with Crippen molar-refractivity contribution in [2.75, 3.05) is 5.32 Å². The van der Waals surface area contributed by atoms with Gasteiger partial charge in [0.1, 0.15) is 12.4 Å². The lowest BCUT2D eigenvalue weighted by Crippen LogP contribution is -2.18. The fraction of sp³-hybridized carbons (Fsp3) is 0.133. The molecule has 0 radical (unpaired) electrons. The summed E-state index contributed by atoms with van der Waals surface area (Å²) in [6.45, 7) is 0.0558. The molecule has 0 saturated carbocycles. The smallest absolute Gasteiger partial charge is 0.358 e. The van der Waals surface area contributed by atoms with Crippen LogP contribution in [0.2, 0.25) is 0 Å². The van der Waals surface area contributed by atoms with E-state index in [9.17, 15) is 19.3 Å². The van der Waals surface area contributed by atoms with Gasteiger partial charge in [-0.15, -0.1) is 0 Å². The predicted molar refractivity (Wildman–Crippen MR) is 85.2 cm³/mol. The first-order valence-electron chi connectivity index (χ1n) is 7.25. The van der Waals surface area contributed by atoms with Crippen LogP contribution in [0.3, 0.4) is 0 Å². The Labute approximate surface area is 140 Å². The van der Waals surface area contributed by atoms with E-state index in [2.05, 4.69) is 15.5 Å². The molecule has 0 aliphatic heterocycles. The van der Waals surface area contributed by atoms with Gasteiger partial charge in [0.25, 0.3) is 0 Å². The molecule has 0 fully saturated rings. The van der Waals surface area contributed by atoms with Gasteiger partial charge < -0.3 is 15.4 Å². The number of amides is 1. The van der Waals surface area contributed by atoms with E-state index < -0.39 is 10.8 Å². The number of hydrogen-bond donors (Lipinski definition) is 1. The minimum Gasteiger partial charge on any atom is -0.358 e. The van der Waals surface area contributed by atoms with Crippen molar-refractivity contribution in [1.82, 2.24) is 19.6 Å². The second-order valence-electron chi connectivity index (χ2n) is 5.19. The standard InChI is InChI=1S/C15H13FN6O3/c16-13-4-2-1-3-11(13)8-21-9-12(7-17-21)18-15(23)10-20-6-5-14(19-20)22(24)25/h1-7,9H,8,10H2,(H,18,23). The molecule has 0 atom stereocenters. The number of rotatable bonds is 6. The van der Waals surface area contributed by atoms with Crippen molar-refractivity contribution in [3.8, 4) is 0 Å². The second-order valence-corrected chi connectivity index (χ2v) is 5.19. The van der Waals surface area contributed by atoms with E-state index in [1.54, 1.807) is 24.4 Å². The van der Waals surface area contributed by atoms with Gasteiger partial charge in [0.05, 0.1) is 35.8 Å². The van der Waals surface area contributed by atoms with Gasteiger partial charge in [-0.3, -0.25) is 9.48 Å². The summed E-state index contributed by atoms with van der Waals surface area (Å²) in [5, 5.41) is 20.9. The topological polar surface area (TPSA) is 108 Å². The zero-order chi connectivity index (χ0) is 17.8. The van der Waals surface area contributed by atoms with Crippen LogP contribution in [0.1, 0.15) is 5.56 Å². The maximum absolute atomic E-state index is 13.6. The van der Waals surface area contributed by atoms with Crippen molar-refractivity contribution in [2.24, 2.45) is 0 Å². The summed E-state index contributed by atoms with van der Waals surface area (Å²) < 4.78 is 16.3. The molecule has 0 spiro atoms. The van der Waals surface area contributed by atoms with Crippen molar-refractivity contribution in [3.63, 3.8) is 0 Å². The lowest BCUT2D eigenvalue weighted by molar-refractivity contribution is -0.389. The third-order valence-electron chi connectivity index (χ3n) is 3.33. The summed E-state index contributed by atoms with van der Waals surface area (Å²) in [5.74, 6) is -1.07. The SMILES string of the molecule is O=C(Cn1ccc([N+](=O)[O-])n1)Nc1cnn(Cc2ccccc2F)c1. The number of benzene rings is 1. The van der Waals surface area contributed by atoms with E-state index in [-0.39, 0.29) is 24.7 Å². The second kappa shape index (κ2) is 6.91. The lowest BCUT2D eigenvalue weighted by Gasteiger charge is -2.03. The molecular weight excluding hydrogens is 331 g/mol. The molecule has 3 aromatic rings. The molecule has 128 valence electrons. The molecule has 0 unspecified atom stereocenters. The van der Waals surface area contributed by atoms with Crippen LogP contribution in [-0.4, -0.2) is 30.4 Å². The average molecular weight is 344 g/mol. The quantitative estimate of drug-likeness (QED) is 0.542. The van der Waals surface area contributed by atoms with Gasteiger partial charge in [0.15, 0.2) is 0 Å². The van der Waals surface area contributed by atoms with Crippen LogP contribution in [0.5, 0.6) is 0 Å². The number of carbonyl (C=O) groups is 1. The lowest BCUT2D eigenvalue weighted by atomic mass is 10.2. The highest BCUT2D eigenvalue weighted by Crippen LogP contribution is 2.11. The summed E-state index contributed by atoms with van der Waals surface area (Å²) in [6, 6.07) is 7.56. The Morgan fingerprint density at radius 1 is 1.28 bits per heavy atom. The summed E-state index contributed by atoms with van der Waals surface area (Å²) in [4.78, 5) is 21.9. The van der Waals surface area contributed by atoms with Crippen molar-refractivity contribution in [3.05, 3.63) is 70.4 Å². The Hall–Kier alpha value is -3.56. The maximum atomic E-state index is 13.6. The van der Waals surface area contributed by atoms with Crippen molar-refractivity contribution in [1.29, 1.82) is 0 Å². The molecule has 2 heterocycles. The van der Waals surface area contributed by atoms with E-state index in [0.717, 1.165) is 4.68 Å². The molecule has 25 heavy (non-hydrogen) atoms. The van der Waals surface area contributed by atoms with Crippen LogP contribution in [-0.2, 0) is 17.9 Å². The van der Waals surface area contributed by atoms with Crippen molar-refractivity contribution < 1.29 is 14.1 Å². The van der Waals surface area contributed by atoms with Gasteiger partial charge in [-0.1, -0.05) is 18.2 Å². The number of nitro groups is 1. The third kappa shape index (κ3) is 4.05. The van der Waals surface area contributed by atoms with Gasteiger partial charge in [0, 0.05) is 11.8 Å². The summed E-state index contributed by atoms with van der Waals surface area (Å²) in [7, 11) is 0. The summed E-state index contributed by atoms with van der Waals surface area (Å²) >= 11 is 0. The fourth-order valence-corrected chi connectivity index (χ4v) is 2.20. The largest absolute Gasteiger partial charge is 0.389 e. The van der Waals surface area contributed by atoms with Crippen molar-refractivity contribution >= 4 is 17.4 Å². The van der Waals surface area contributed by atoms with Crippen LogP contribution < -0.4 is 5.32 Å². The fourth-order valence-electron chi connectivity index (χ4n) is 2.20. The summed E-state index contributed by atoms with van der Waals surface area (Å²) in [6.07, 6.45) is 4.35. The van der Waals surface area contributed by atoms with Crippen LogP contribution in [0.25, 0.3) is 0 Å². The Bertz CT molecular complexity index is 919. The molecular formula is C15H13FN6O3. The molecule has 0 bridgehead atoms. The van der Waals surface area contributed by atoms with Crippen molar-refractivity contribution in [2.45, 2.75) is 13.1 Å². The number of halogens is 1. The Morgan fingerprint density at radius 2 is 2.08 bits per heavy atom. The molecule has 1 N–H and O–H groups in total. The minimum absolute atomic E-state index is 0.174. The minimum atomic E-state index is -0.638. The number of carbonyl (C=O) groups excluding carboxylic acids is 1. The van der Waals surface area contributed by atoms with Gasteiger partial charge in [0.2, 0.25) is 5.91 Å². The molecule has 9 nitrogen and oxygen atoms in total. The summed E-state index contributed by atoms with van der Waals surface area (Å²) in [5.41, 5.74) is 0.912. The maximum Gasteiger partial charge on any atom is 0.389 e. The zero-order valence-corrected chi connectivity index (χ0v) is 12.9. The molecule has 0 aliphatic carbocycles. The molecule has 3 rings (SSSR count). The first-order chi connectivity index (χ1) is 12.0. The number of nitrogens with one attached hydrogen (secondary N) is 1. The molecule has 1 aromatic carbocycles. The Kier molecular flexibility index (Phi) is 4.50. The van der Waals surface area contributed by atoms with Gasteiger partial charge in [-0.2, -0.15) is 9.78 Å². The van der Waals surface area contributed by atoms with E-state index in [4.69, 9.17) is 0 Å². The van der Waals surface area contributed by atoms with Crippen LogP contribution in [0, 0.1) is 15.9 Å². The third-order valence-corrected chi connectivity index (χ3v) is 3.33. The predicted octanol–water partition coefficient (Wildman–Crippen LogP) is 1.81. The van der Waals surface area contributed by atoms with E-state index in [1.165, 1.54) is 29.2 Å². The van der Waals surface area contributed by atoms with E-state index >= 15 is 0 Å². The molecule has 1 amide bonds. The highest BCUT2D eigenvalue weighted by molar-refractivity contribution is 5.90. The number of anilines is 1. The monoisotopic (exact) mass is 344 g/mol. The van der Waals surface area contributed by atoms with Gasteiger partial charge >= 0.3 is 5.82 Å². The normalized spacial score (nSPS) is 10.6. The van der Waals surface area contributed by atoms with Gasteiger partial charge in [-0.05, 0) is 11.0 Å². The first-order valence-corrected chi connectivity index (χ1v) is 7.25. The number of hydrogen-bond acceptors (Lipinski definition) is 5. The zero-order valence-electron chi connectivity index (χ0n) is 12.9. The first kappa shape index (κ1) is 16.3. The highest BCUT2D eigenvalue weighted by Gasteiger charge is 2.14. The highest BCUT2D eigenvalue weighted by atomic mass is 19.1. The van der Waals surface area contributed by atoms with E-state index in [1.807, 2.05) is 0 Å². The van der Waals surface area contributed by atoms with Crippen LogP contribution in [0.4, 0.5) is 15.9 Å². The van der Waals surface area contributed by atoms with Gasteiger partial charge in [-0.25, -0.2) is 4.39 Å². The Morgan fingerprint density at radius 3 is 2.80 bits per heavy atom. The molecule has 10 heteroatoms. The van der Waals surface area contributed by atoms with E-state index in [0.29, 0.717) is 11.3 Å². The molecule has 0 aliphatic rings. The molecule has 2 aromatic heterocycles. The number of aromatic nitrogens is 4. The average Bonchev–Trinajstić information content (AvgIpc) is 3.19.